The third-order valence-electron chi connectivity index (χ3n) is 1.24. The Hall–Kier alpha value is -0.280. The Kier molecular flexibility index (Phi) is 9.47. The molecule has 3 nitrogen and oxygen atoms in total. The first-order valence-electron chi connectivity index (χ1n) is 3.71. The highest BCUT2D eigenvalue weighted by molar-refractivity contribution is 5.85. The summed E-state index contributed by atoms with van der Waals surface area (Å²) in [6.07, 6.45) is 2.12. The zero-order valence-corrected chi connectivity index (χ0v) is 7.91. The van der Waals surface area contributed by atoms with Gasteiger partial charge in [-0.3, -0.25) is 4.79 Å². The van der Waals surface area contributed by atoms with E-state index >= 15 is 0 Å². The standard InChI is InChI=1S/C7H16N2O.ClH/c1-3-4-5-9-7(10)6(2)8;/h6H,3-5,8H2,1-2H3,(H,9,10);1H. The van der Waals surface area contributed by atoms with Gasteiger partial charge in [-0.25, -0.2) is 0 Å². The number of halogens is 1. The Labute approximate surface area is 74.1 Å². The van der Waals surface area contributed by atoms with Crippen LogP contribution >= 0.6 is 12.4 Å². The number of hydrogen-bond donors (Lipinski definition) is 2. The summed E-state index contributed by atoms with van der Waals surface area (Å²) < 4.78 is 0. The number of hydrogen-bond acceptors (Lipinski definition) is 2. The molecule has 0 radical (unpaired) electrons. The first kappa shape index (κ1) is 13.3. The Balaban J connectivity index is 0. The van der Waals surface area contributed by atoms with E-state index in [4.69, 9.17) is 5.73 Å². The van der Waals surface area contributed by atoms with Crippen molar-refractivity contribution < 1.29 is 4.79 Å². The summed E-state index contributed by atoms with van der Waals surface area (Å²) in [7, 11) is 0. The van der Waals surface area contributed by atoms with Gasteiger partial charge in [-0.2, -0.15) is 0 Å². The van der Waals surface area contributed by atoms with Crippen LogP contribution in [0, 0.1) is 0 Å². The molecule has 0 aliphatic carbocycles. The monoisotopic (exact) mass is 180 g/mol. The summed E-state index contributed by atoms with van der Waals surface area (Å²) in [6.45, 7) is 4.51. The lowest BCUT2D eigenvalue weighted by molar-refractivity contribution is -0.121. The summed E-state index contributed by atoms with van der Waals surface area (Å²) >= 11 is 0. The zero-order chi connectivity index (χ0) is 7.98. The zero-order valence-electron chi connectivity index (χ0n) is 7.09. The topological polar surface area (TPSA) is 55.1 Å². The van der Waals surface area contributed by atoms with Gasteiger partial charge in [0.15, 0.2) is 0 Å². The molecule has 0 aliphatic heterocycles. The van der Waals surface area contributed by atoms with Crippen molar-refractivity contribution in [1.29, 1.82) is 0 Å². The molecular formula is C7H17ClN2O. The molecular weight excluding hydrogens is 164 g/mol. The van der Waals surface area contributed by atoms with Crippen molar-refractivity contribution in [2.45, 2.75) is 32.7 Å². The van der Waals surface area contributed by atoms with Crippen molar-refractivity contribution in [3.8, 4) is 0 Å². The van der Waals surface area contributed by atoms with Crippen molar-refractivity contribution in [2.75, 3.05) is 6.54 Å². The number of unbranched alkanes of at least 4 members (excludes halogenated alkanes) is 1. The van der Waals surface area contributed by atoms with Crippen LogP contribution < -0.4 is 11.1 Å². The van der Waals surface area contributed by atoms with Crippen molar-refractivity contribution in [3.63, 3.8) is 0 Å². The highest BCUT2D eigenvalue weighted by Gasteiger charge is 2.03. The van der Waals surface area contributed by atoms with Crippen LogP contribution in [-0.4, -0.2) is 18.5 Å². The normalized spacial score (nSPS) is 11.5. The van der Waals surface area contributed by atoms with Gasteiger partial charge in [-0.05, 0) is 13.3 Å². The molecule has 1 atom stereocenters. The predicted octanol–water partition coefficient (Wildman–Crippen LogP) is 0.672. The van der Waals surface area contributed by atoms with Crippen LogP contribution in [0.15, 0.2) is 0 Å². The minimum atomic E-state index is -0.378. The summed E-state index contributed by atoms with van der Waals surface area (Å²) in [6, 6.07) is -0.378. The number of amides is 1. The molecule has 0 aromatic rings. The second-order valence-corrected chi connectivity index (χ2v) is 2.43. The fourth-order valence-electron chi connectivity index (χ4n) is 0.549. The van der Waals surface area contributed by atoms with Crippen molar-refractivity contribution in [3.05, 3.63) is 0 Å². The summed E-state index contributed by atoms with van der Waals surface area (Å²) in [5, 5.41) is 2.72. The molecule has 11 heavy (non-hydrogen) atoms. The molecule has 0 spiro atoms. The minimum Gasteiger partial charge on any atom is -0.355 e. The van der Waals surface area contributed by atoms with E-state index in [2.05, 4.69) is 12.2 Å². The minimum absolute atomic E-state index is 0. The lowest BCUT2D eigenvalue weighted by Crippen LogP contribution is -2.38. The van der Waals surface area contributed by atoms with E-state index < -0.39 is 0 Å². The summed E-state index contributed by atoms with van der Waals surface area (Å²) in [5.41, 5.74) is 5.31. The van der Waals surface area contributed by atoms with Gasteiger partial charge in [0.05, 0.1) is 6.04 Å². The Morgan fingerprint density at radius 3 is 2.55 bits per heavy atom. The second-order valence-electron chi connectivity index (χ2n) is 2.43. The van der Waals surface area contributed by atoms with Gasteiger partial charge in [0, 0.05) is 6.54 Å². The largest absolute Gasteiger partial charge is 0.355 e. The summed E-state index contributed by atoms with van der Waals surface area (Å²) in [4.78, 5) is 10.8. The maximum absolute atomic E-state index is 10.8. The molecule has 3 N–H and O–H groups in total. The van der Waals surface area contributed by atoms with Gasteiger partial charge in [0.2, 0.25) is 5.91 Å². The molecule has 0 saturated carbocycles. The Morgan fingerprint density at radius 1 is 1.64 bits per heavy atom. The van der Waals surface area contributed by atoms with Gasteiger partial charge < -0.3 is 11.1 Å². The lowest BCUT2D eigenvalue weighted by atomic mass is 10.3. The number of nitrogens with two attached hydrogens (primary N) is 1. The average Bonchev–Trinajstić information content (AvgIpc) is 1.88. The molecule has 0 aliphatic rings. The fourth-order valence-corrected chi connectivity index (χ4v) is 0.549. The number of rotatable bonds is 4. The predicted molar refractivity (Wildman–Crippen MR) is 48.8 cm³/mol. The van der Waals surface area contributed by atoms with Crippen molar-refractivity contribution >= 4 is 18.3 Å². The fraction of sp³-hybridized carbons (Fsp3) is 0.857. The van der Waals surface area contributed by atoms with Gasteiger partial charge in [-0.1, -0.05) is 13.3 Å². The second kappa shape index (κ2) is 7.82. The van der Waals surface area contributed by atoms with Gasteiger partial charge in [-0.15, -0.1) is 12.4 Å². The van der Waals surface area contributed by atoms with Gasteiger partial charge in [0.1, 0.15) is 0 Å². The van der Waals surface area contributed by atoms with Crippen LogP contribution in [0.2, 0.25) is 0 Å². The molecule has 0 saturated heterocycles. The molecule has 68 valence electrons. The highest BCUT2D eigenvalue weighted by atomic mass is 35.5. The smallest absolute Gasteiger partial charge is 0.236 e. The van der Waals surface area contributed by atoms with Crippen LogP contribution in [0.1, 0.15) is 26.7 Å². The first-order valence-corrected chi connectivity index (χ1v) is 3.71. The Morgan fingerprint density at radius 2 is 2.18 bits per heavy atom. The van der Waals surface area contributed by atoms with Crippen LogP contribution in [0.3, 0.4) is 0 Å². The molecule has 0 rings (SSSR count). The molecule has 1 unspecified atom stereocenters. The van der Waals surface area contributed by atoms with Crippen LogP contribution in [-0.2, 0) is 4.79 Å². The van der Waals surface area contributed by atoms with E-state index in [9.17, 15) is 4.79 Å². The number of carbonyl (C=O) groups excluding carboxylic acids is 1. The van der Waals surface area contributed by atoms with Crippen LogP contribution in [0.5, 0.6) is 0 Å². The quantitative estimate of drug-likeness (QED) is 0.625. The first-order chi connectivity index (χ1) is 4.68. The molecule has 0 bridgehead atoms. The lowest BCUT2D eigenvalue weighted by Gasteiger charge is -2.05. The van der Waals surface area contributed by atoms with Crippen molar-refractivity contribution in [1.82, 2.24) is 5.32 Å². The van der Waals surface area contributed by atoms with E-state index in [1.807, 2.05) is 0 Å². The maximum atomic E-state index is 10.8. The van der Waals surface area contributed by atoms with E-state index in [-0.39, 0.29) is 24.4 Å². The van der Waals surface area contributed by atoms with Gasteiger partial charge >= 0.3 is 0 Å². The number of carbonyl (C=O) groups is 1. The highest BCUT2D eigenvalue weighted by Crippen LogP contribution is 1.83. The third-order valence-corrected chi connectivity index (χ3v) is 1.24. The van der Waals surface area contributed by atoms with Crippen LogP contribution in [0.4, 0.5) is 0 Å². The summed E-state index contributed by atoms with van der Waals surface area (Å²) in [5.74, 6) is -0.0616. The maximum Gasteiger partial charge on any atom is 0.236 e. The van der Waals surface area contributed by atoms with Crippen LogP contribution in [0.25, 0.3) is 0 Å². The van der Waals surface area contributed by atoms with Gasteiger partial charge in [0.25, 0.3) is 0 Å². The average molecular weight is 181 g/mol. The molecule has 0 fully saturated rings. The third kappa shape index (κ3) is 7.62. The molecule has 1 amide bonds. The van der Waals surface area contributed by atoms with E-state index in [1.165, 1.54) is 0 Å². The SMILES string of the molecule is CCCCNC(=O)C(C)N.Cl. The Bertz CT molecular complexity index is 107. The molecule has 0 heterocycles. The van der Waals surface area contributed by atoms with E-state index in [0.29, 0.717) is 0 Å². The molecule has 4 heteroatoms. The molecule has 0 aromatic carbocycles. The van der Waals surface area contributed by atoms with Crippen molar-refractivity contribution in [2.24, 2.45) is 5.73 Å². The molecule has 0 aromatic heterocycles. The van der Waals surface area contributed by atoms with E-state index in [1.54, 1.807) is 6.92 Å². The van der Waals surface area contributed by atoms with E-state index in [0.717, 1.165) is 19.4 Å². The number of nitrogens with one attached hydrogen (secondary N) is 1.